The zero-order valence-electron chi connectivity index (χ0n) is 18.2. The SMILES string of the molecule is CCCSc1ccccc1C(=O)Nc1nnc(C2CC(=O)N(c3ccc(CC)cc3)C2)s1. The number of carbonyl (C=O) groups is 2. The highest BCUT2D eigenvalue weighted by molar-refractivity contribution is 7.99. The van der Waals surface area contributed by atoms with Crippen LogP contribution in [0.3, 0.4) is 0 Å². The van der Waals surface area contributed by atoms with Gasteiger partial charge in [-0.2, -0.15) is 0 Å². The molecule has 1 N–H and O–H groups in total. The van der Waals surface area contributed by atoms with Gasteiger partial charge in [-0.15, -0.1) is 22.0 Å². The molecule has 6 nitrogen and oxygen atoms in total. The van der Waals surface area contributed by atoms with Crippen LogP contribution in [0.5, 0.6) is 0 Å². The second kappa shape index (κ2) is 10.3. The Balaban J connectivity index is 1.43. The molecule has 2 heterocycles. The number of carbonyl (C=O) groups excluding carboxylic acids is 2. The van der Waals surface area contributed by atoms with E-state index in [1.807, 2.05) is 41.3 Å². The molecule has 166 valence electrons. The number of benzene rings is 2. The van der Waals surface area contributed by atoms with Gasteiger partial charge in [-0.3, -0.25) is 14.9 Å². The van der Waals surface area contributed by atoms with Gasteiger partial charge in [0.15, 0.2) is 0 Å². The second-order valence-electron chi connectivity index (χ2n) is 7.67. The summed E-state index contributed by atoms with van der Waals surface area (Å²) < 4.78 is 0. The van der Waals surface area contributed by atoms with Crippen LogP contribution in [0.15, 0.2) is 53.4 Å². The topological polar surface area (TPSA) is 75.2 Å². The van der Waals surface area contributed by atoms with Crippen molar-refractivity contribution < 1.29 is 9.59 Å². The average Bonchev–Trinajstić information content (AvgIpc) is 3.44. The molecule has 3 aromatic rings. The molecule has 0 saturated carbocycles. The van der Waals surface area contributed by atoms with Gasteiger partial charge in [-0.1, -0.05) is 49.4 Å². The summed E-state index contributed by atoms with van der Waals surface area (Å²) in [5.41, 5.74) is 2.80. The van der Waals surface area contributed by atoms with Crippen LogP contribution in [0.25, 0.3) is 0 Å². The lowest BCUT2D eigenvalue weighted by Gasteiger charge is -2.16. The number of anilines is 2. The van der Waals surface area contributed by atoms with E-state index in [0.717, 1.165) is 34.2 Å². The summed E-state index contributed by atoms with van der Waals surface area (Å²) in [5, 5.41) is 12.5. The number of aromatic nitrogens is 2. The quantitative estimate of drug-likeness (QED) is 0.452. The second-order valence-corrected chi connectivity index (χ2v) is 9.82. The summed E-state index contributed by atoms with van der Waals surface area (Å²) in [4.78, 5) is 28.2. The maximum absolute atomic E-state index is 12.8. The number of nitrogens with one attached hydrogen (secondary N) is 1. The van der Waals surface area contributed by atoms with Crippen molar-refractivity contribution in [1.29, 1.82) is 0 Å². The van der Waals surface area contributed by atoms with E-state index < -0.39 is 0 Å². The van der Waals surface area contributed by atoms with Crippen molar-refractivity contribution in [2.24, 2.45) is 0 Å². The summed E-state index contributed by atoms with van der Waals surface area (Å²) in [6, 6.07) is 15.7. The van der Waals surface area contributed by atoms with Crippen LogP contribution >= 0.6 is 23.1 Å². The average molecular weight is 467 g/mol. The molecule has 1 aliphatic heterocycles. The third-order valence-electron chi connectivity index (χ3n) is 5.39. The number of amides is 2. The molecule has 8 heteroatoms. The lowest BCUT2D eigenvalue weighted by Crippen LogP contribution is -2.24. The molecular weight excluding hydrogens is 440 g/mol. The lowest BCUT2D eigenvalue weighted by atomic mass is 10.1. The summed E-state index contributed by atoms with van der Waals surface area (Å²) in [6.45, 7) is 4.80. The molecule has 0 aliphatic carbocycles. The summed E-state index contributed by atoms with van der Waals surface area (Å²) >= 11 is 3.02. The third-order valence-corrected chi connectivity index (χ3v) is 7.67. The van der Waals surface area contributed by atoms with Crippen LogP contribution in [0, 0.1) is 0 Å². The molecule has 1 aromatic heterocycles. The Morgan fingerprint density at radius 2 is 1.94 bits per heavy atom. The van der Waals surface area contributed by atoms with Crippen molar-refractivity contribution in [1.82, 2.24) is 10.2 Å². The minimum Gasteiger partial charge on any atom is -0.312 e. The van der Waals surface area contributed by atoms with E-state index in [4.69, 9.17) is 0 Å². The van der Waals surface area contributed by atoms with Crippen LogP contribution in [-0.4, -0.2) is 34.3 Å². The summed E-state index contributed by atoms with van der Waals surface area (Å²) in [6.07, 6.45) is 2.41. The Morgan fingerprint density at radius 1 is 1.16 bits per heavy atom. The van der Waals surface area contributed by atoms with Crippen molar-refractivity contribution >= 4 is 45.7 Å². The van der Waals surface area contributed by atoms with E-state index in [1.165, 1.54) is 16.9 Å². The highest BCUT2D eigenvalue weighted by atomic mass is 32.2. The molecule has 0 spiro atoms. The fourth-order valence-electron chi connectivity index (χ4n) is 3.64. The van der Waals surface area contributed by atoms with Gasteiger partial charge in [-0.25, -0.2) is 0 Å². The zero-order chi connectivity index (χ0) is 22.5. The van der Waals surface area contributed by atoms with E-state index in [9.17, 15) is 9.59 Å². The smallest absolute Gasteiger partial charge is 0.258 e. The molecule has 0 bridgehead atoms. The predicted octanol–water partition coefficient (Wildman–Crippen LogP) is 5.38. The maximum atomic E-state index is 12.8. The monoisotopic (exact) mass is 466 g/mol. The van der Waals surface area contributed by atoms with Crippen LogP contribution < -0.4 is 10.2 Å². The van der Waals surface area contributed by atoms with Gasteiger partial charge in [0.2, 0.25) is 11.0 Å². The van der Waals surface area contributed by atoms with Gasteiger partial charge in [-0.05, 0) is 48.4 Å². The van der Waals surface area contributed by atoms with Gasteiger partial charge >= 0.3 is 0 Å². The van der Waals surface area contributed by atoms with E-state index >= 15 is 0 Å². The number of aryl methyl sites for hydroxylation is 1. The van der Waals surface area contributed by atoms with Gasteiger partial charge in [0, 0.05) is 29.5 Å². The fraction of sp³-hybridized carbons (Fsp3) is 0.333. The molecule has 1 unspecified atom stereocenters. The Bertz CT molecular complexity index is 1100. The van der Waals surface area contributed by atoms with Crippen molar-refractivity contribution in [3.8, 4) is 0 Å². The largest absolute Gasteiger partial charge is 0.312 e. The number of hydrogen-bond donors (Lipinski definition) is 1. The van der Waals surface area contributed by atoms with Crippen LogP contribution in [0.2, 0.25) is 0 Å². The number of rotatable bonds is 8. The van der Waals surface area contributed by atoms with E-state index in [1.54, 1.807) is 11.8 Å². The van der Waals surface area contributed by atoms with E-state index in [0.29, 0.717) is 23.7 Å². The minimum absolute atomic E-state index is 0.0242. The van der Waals surface area contributed by atoms with Gasteiger partial charge in [0.05, 0.1) is 5.56 Å². The van der Waals surface area contributed by atoms with Crippen molar-refractivity contribution in [3.63, 3.8) is 0 Å². The minimum atomic E-state index is -0.188. The molecule has 2 aromatic carbocycles. The van der Waals surface area contributed by atoms with Crippen LogP contribution in [0.1, 0.15) is 53.5 Å². The molecule has 1 saturated heterocycles. The summed E-state index contributed by atoms with van der Waals surface area (Å²) in [7, 11) is 0. The number of thioether (sulfide) groups is 1. The Morgan fingerprint density at radius 3 is 2.69 bits per heavy atom. The van der Waals surface area contributed by atoms with Crippen molar-refractivity contribution in [2.45, 2.75) is 43.9 Å². The first-order chi connectivity index (χ1) is 15.6. The zero-order valence-corrected chi connectivity index (χ0v) is 19.8. The van der Waals surface area contributed by atoms with Gasteiger partial charge in [0.25, 0.3) is 5.91 Å². The van der Waals surface area contributed by atoms with E-state index in [-0.39, 0.29) is 17.7 Å². The first kappa shape index (κ1) is 22.5. The summed E-state index contributed by atoms with van der Waals surface area (Å²) in [5.74, 6) is 0.832. The Kier molecular flexibility index (Phi) is 7.22. The molecule has 1 atom stereocenters. The maximum Gasteiger partial charge on any atom is 0.258 e. The molecule has 2 amide bonds. The normalized spacial score (nSPS) is 15.9. The van der Waals surface area contributed by atoms with Crippen LogP contribution in [-0.2, 0) is 11.2 Å². The van der Waals surface area contributed by atoms with Crippen molar-refractivity contribution in [3.05, 3.63) is 64.7 Å². The molecule has 0 radical (unpaired) electrons. The third kappa shape index (κ3) is 5.02. The molecule has 1 aliphatic rings. The predicted molar refractivity (Wildman–Crippen MR) is 131 cm³/mol. The molecule has 4 rings (SSSR count). The van der Waals surface area contributed by atoms with Gasteiger partial charge < -0.3 is 4.90 Å². The van der Waals surface area contributed by atoms with E-state index in [2.05, 4.69) is 41.5 Å². The lowest BCUT2D eigenvalue weighted by molar-refractivity contribution is -0.117. The molecule has 1 fully saturated rings. The van der Waals surface area contributed by atoms with Crippen molar-refractivity contribution in [2.75, 3.05) is 22.5 Å². The molecular formula is C24H26N4O2S2. The number of hydrogen-bond acceptors (Lipinski definition) is 6. The Hall–Kier alpha value is -2.71. The standard InChI is InChI=1S/C24H26N4O2S2/c1-3-13-31-20-8-6-5-7-19(20)22(30)25-24-27-26-23(32-24)17-14-21(29)28(15-17)18-11-9-16(4-2)10-12-18/h5-12,17H,3-4,13-15H2,1-2H3,(H,25,27,30). The molecule has 32 heavy (non-hydrogen) atoms. The highest BCUT2D eigenvalue weighted by Crippen LogP contribution is 2.34. The fourth-order valence-corrected chi connectivity index (χ4v) is 5.39. The first-order valence-electron chi connectivity index (χ1n) is 10.8. The van der Waals surface area contributed by atoms with Gasteiger partial charge in [0.1, 0.15) is 5.01 Å². The Labute approximate surface area is 196 Å². The first-order valence-corrected chi connectivity index (χ1v) is 12.6. The van der Waals surface area contributed by atoms with Crippen LogP contribution in [0.4, 0.5) is 10.8 Å². The highest BCUT2D eigenvalue weighted by Gasteiger charge is 2.34. The number of nitrogens with zero attached hydrogens (tertiary/aromatic N) is 3.